The summed E-state index contributed by atoms with van der Waals surface area (Å²) in [7, 11) is 1.05. The Balaban J connectivity index is 4.48. The number of nitrogens with one attached hydrogen (secondary N) is 2. The Bertz CT molecular complexity index is 172. The van der Waals surface area contributed by atoms with E-state index in [-0.39, 0.29) is 5.66 Å². The Morgan fingerprint density at radius 2 is 1.53 bits per heavy atom. The van der Waals surface area contributed by atoms with Crippen LogP contribution in [0.5, 0.6) is 0 Å². The number of hydrogen-bond donors (Lipinski definition) is 2. The molecule has 0 radical (unpaired) electrons. The predicted octanol–water partition coefficient (Wildman–Crippen LogP) is 1.36. The first-order valence-corrected chi connectivity index (χ1v) is 7.29. The van der Waals surface area contributed by atoms with Crippen LogP contribution in [0, 0.1) is 0 Å². The van der Waals surface area contributed by atoms with Crippen LogP contribution in [0.1, 0.15) is 46.5 Å². The van der Waals surface area contributed by atoms with Crippen molar-refractivity contribution < 1.29 is 0 Å². The molecular weight excluding hydrogens is 200 g/mol. The van der Waals surface area contributed by atoms with Gasteiger partial charge in [-0.1, -0.05) is 32.4 Å². The van der Waals surface area contributed by atoms with Crippen LogP contribution in [-0.2, 0) is 0 Å². The molecule has 0 aliphatic rings. The van der Waals surface area contributed by atoms with Crippen molar-refractivity contribution in [3.05, 3.63) is 11.8 Å². The molecule has 0 saturated carbocycles. The number of rotatable bonds is 9. The van der Waals surface area contributed by atoms with E-state index in [2.05, 4.69) is 38.0 Å². The average Bonchev–Trinajstić information content (AvgIpc) is 2.22. The Hall–Kier alpha value is -0.123. The van der Waals surface area contributed by atoms with E-state index in [4.69, 9.17) is 0 Å². The van der Waals surface area contributed by atoms with Gasteiger partial charge in [0.2, 0.25) is 0 Å². The topological polar surface area (TPSA) is 24.1 Å². The van der Waals surface area contributed by atoms with Gasteiger partial charge in [-0.05, 0) is 32.4 Å². The Labute approximate surface area is 98.3 Å². The molecule has 0 saturated heterocycles. The van der Waals surface area contributed by atoms with Crippen LogP contribution in [0.4, 0.5) is 0 Å². The molecule has 2 N–H and O–H groups in total. The van der Waals surface area contributed by atoms with Gasteiger partial charge in [0, 0.05) is 10.2 Å². The van der Waals surface area contributed by atoms with Crippen LogP contribution in [0.15, 0.2) is 11.8 Å². The van der Waals surface area contributed by atoms with E-state index in [1.807, 2.05) is 0 Å². The molecule has 15 heavy (non-hydrogen) atoms. The zero-order valence-corrected chi connectivity index (χ0v) is 12.9. The average molecular weight is 228 g/mol. The first-order chi connectivity index (χ1) is 7.13. The molecule has 0 aromatic rings. The van der Waals surface area contributed by atoms with Gasteiger partial charge in [-0.25, -0.2) is 0 Å². The van der Waals surface area contributed by atoms with Gasteiger partial charge >= 0.3 is 0 Å². The molecule has 0 aromatic carbocycles. The van der Waals surface area contributed by atoms with Crippen molar-refractivity contribution in [2.75, 3.05) is 13.1 Å². The molecule has 90 valence electrons. The minimum absolute atomic E-state index is 0.0208. The molecule has 0 fully saturated rings. The summed E-state index contributed by atoms with van der Waals surface area (Å²) in [5.74, 6) is 0. The zero-order valence-electron chi connectivity index (χ0n) is 10.9. The summed E-state index contributed by atoms with van der Waals surface area (Å²) in [6.07, 6.45) is 4.69. The molecule has 0 spiro atoms. The van der Waals surface area contributed by atoms with Crippen molar-refractivity contribution in [1.82, 2.24) is 10.6 Å². The maximum atomic E-state index is 4.19. The summed E-state index contributed by atoms with van der Waals surface area (Å²) in [5.41, 5.74) is 0.0208. The molecule has 0 aliphatic heterocycles. The molecule has 0 atom stereocenters. The second kappa shape index (κ2) is 8.08. The summed E-state index contributed by atoms with van der Waals surface area (Å²) in [6, 6.07) is 0. The van der Waals surface area contributed by atoms with Crippen molar-refractivity contribution in [2.45, 2.75) is 52.1 Å². The van der Waals surface area contributed by atoms with Gasteiger partial charge in [-0.2, -0.15) is 0 Å². The monoisotopic (exact) mass is 228 g/mol. The first kappa shape index (κ1) is 14.9. The molecule has 3 heteroatoms. The molecule has 0 amide bonds. The molecule has 2 nitrogen and oxygen atoms in total. The van der Waals surface area contributed by atoms with E-state index < -0.39 is 0 Å². The largest absolute Gasteiger partial charge is 0.296 e. The van der Waals surface area contributed by atoms with Gasteiger partial charge in [-0.15, -0.1) is 6.58 Å². The van der Waals surface area contributed by atoms with E-state index in [9.17, 15) is 0 Å². The van der Waals surface area contributed by atoms with Crippen LogP contribution in [-0.4, -0.2) is 29.0 Å². The molecule has 0 aliphatic carbocycles. The molecule has 0 rings (SSSR count). The van der Waals surface area contributed by atoms with Gasteiger partial charge in [0.1, 0.15) is 0 Å². The highest BCUT2D eigenvalue weighted by molar-refractivity contribution is 6.22. The summed E-state index contributed by atoms with van der Waals surface area (Å²) in [5, 5.41) is 8.62. The highest BCUT2D eigenvalue weighted by Crippen LogP contribution is 2.16. The minimum Gasteiger partial charge on any atom is -0.296 e. The van der Waals surface area contributed by atoms with E-state index in [0.29, 0.717) is 0 Å². The maximum absolute atomic E-state index is 4.19. The quantitative estimate of drug-likeness (QED) is 0.460. The maximum Gasteiger partial charge on any atom is 0.0860 e. The highest BCUT2D eigenvalue weighted by atomic mass is 28.1. The summed E-state index contributed by atoms with van der Waals surface area (Å²) in [4.78, 5) is 0. The fourth-order valence-electron chi connectivity index (χ4n) is 1.81. The standard InChI is InChI=1S/C12H28N2Si/c1-5-8-12(11(4)15,13-9-6-2)14-10-7-3/h13-14H,4-10H2,1-3,15H3. The van der Waals surface area contributed by atoms with Crippen LogP contribution in [0.2, 0.25) is 0 Å². The third-order valence-electron chi connectivity index (χ3n) is 2.71. The summed E-state index contributed by atoms with van der Waals surface area (Å²) in [6.45, 7) is 13.0. The SMILES string of the molecule is C=C([SiH3])C(CCC)(NCCC)NCCC. The second-order valence-electron chi connectivity index (χ2n) is 4.29. The Morgan fingerprint density at radius 3 is 1.80 bits per heavy atom. The lowest BCUT2D eigenvalue weighted by molar-refractivity contribution is 0.295. The van der Waals surface area contributed by atoms with Gasteiger partial charge < -0.3 is 0 Å². The molecule has 0 bridgehead atoms. The van der Waals surface area contributed by atoms with Gasteiger partial charge in [0.05, 0.1) is 5.66 Å². The van der Waals surface area contributed by atoms with Crippen LogP contribution in [0.3, 0.4) is 0 Å². The predicted molar refractivity (Wildman–Crippen MR) is 73.3 cm³/mol. The molecule has 0 unspecified atom stereocenters. The van der Waals surface area contributed by atoms with E-state index in [1.54, 1.807) is 0 Å². The normalized spacial score (nSPS) is 11.9. The smallest absolute Gasteiger partial charge is 0.0860 e. The third kappa shape index (κ3) is 4.95. The van der Waals surface area contributed by atoms with Crippen LogP contribution in [0.25, 0.3) is 0 Å². The highest BCUT2D eigenvalue weighted by Gasteiger charge is 2.27. The van der Waals surface area contributed by atoms with Crippen LogP contribution >= 0.6 is 0 Å². The fourth-order valence-corrected chi connectivity index (χ4v) is 2.41. The van der Waals surface area contributed by atoms with Crippen molar-refractivity contribution in [1.29, 1.82) is 0 Å². The van der Waals surface area contributed by atoms with Crippen molar-refractivity contribution >= 4 is 10.2 Å². The van der Waals surface area contributed by atoms with Gasteiger partial charge in [0.15, 0.2) is 0 Å². The molecular formula is C12H28N2Si. The zero-order chi connectivity index (χ0) is 11.7. The van der Waals surface area contributed by atoms with E-state index in [1.165, 1.54) is 24.5 Å². The summed E-state index contributed by atoms with van der Waals surface area (Å²) >= 11 is 0. The van der Waals surface area contributed by atoms with Gasteiger partial charge in [0.25, 0.3) is 0 Å². The van der Waals surface area contributed by atoms with Crippen molar-refractivity contribution in [3.8, 4) is 0 Å². The lowest BCUT2D eigenvalue weighted by atomic mass is 10.0. The summed E-state index contributed by atoms with van der Waals surface area (Å²) < 4.78 is 0. The first-order valence-electron chi connectivity index (χ1n) is 6.29. The Morgan fingerprint density at radius 1 is 1.07 bits per heavy atom. The second-order valence-corrected chi connectivity index (χ2v) is 5.50. The van der Waals surface area contributed by atoms with Crippen molar-refractivity contribution in [3.63, 3.8) is 0 Å². The lowest BCUT2D eigenvalue weighted by Gasteiger charge is -2.37. The van der Waals surface area contributed by atoms with Gasteiger partial charge in [-0.3, -0.25) is 10.6 Å². The van der Waals surface area contributed by atoms with E-state index >= 15 is 0 Å². The Kier molecular flexibility index (Phi) is 8.01. The fraction of sp³-hybridized carbons (Fsp3) is 0.833. The minimum atomic E-state index is 0.0208. The lowest BCUT2D eigenvalue weighted by Crippen LogP contribution is -2.58. The molecule has 0 aromatic heterocycles. The third-order valence-corrected chi connectivity index (χ3v) is 3.56. The number of hydrogen-bond acceptors (Lipinski definition) is 2. The van der Waals surface area contributed by atoms with E-state index in [0.717, 1.165) is 29.8 Å². The molecule has 0 heterocycles. The van der Waals surface area contributed by atoms with Crippen molar-refractivity contribution in [2.24, 2.45) is 0 Å². The van der Waals surface area contributed by atoms with Crippen LogP contribution < -0.4 is 10.6 Å².